The van der Waals surface area contributed by atoms with Crippen LogP contribution in [0, 0.1) is 11.3 Å². The Hall–Kier alpha value is -3.16. The van der Waals surface area contributed by atoms with Gasteiger partial charge in [-0.25, -0.2) is 9.97 Å². The van der Waals surface area contributed by atoms with Gasteiger partial charge in [0.05, 0.1) is 16.8 Å². The zero-order valence-electron chi connectivity index (χ0n) is 12.5. The van der Waals surface area contributed by atoms with Crippen LogP contribution < -0.4 is 0 Å². The zero-order chi connectivity index (χ0) is 16.5. The van der Waals surface area contributed by atoms with Gasteiger partial charge in [-0.2, -0.15) is 5.26 Å². The van der Waals surface area contributed by atoms with Gasteiger partial charge in [-0.1, -0.05) is 41.9 Å². The quantitative estimate of drug-likeness (QED) is 0.539. The molecule has 2 aromatic heterocycles. The lowest BCUT2D eigenvalue weighted by atomic mass is 10.1. The molecule has 0 N–H and O–H groups in total. The summed E-state index contributed by atoms with van der Waals surface area (Å²) in [6.07, 6.45) is 3.28. The Bertz CT molecular complexity index is 1060. The van der Waals surface area contributed by atoms with Crippen molar-refractivity contribution in [1.82, 2.24) is 14.5 Å². The number of halogens is 1. The monoisotopic (exact) mass is 330 g/mol. The summed E-state index contributed by atoms with van der Waals surface area (Å²) in [5, 5.41) is 10.1. The molecule has 0 saturated heterocycles. The summed E-state index contributed by atoms with van der Waals surface area (Å²) >= 11 is 5.99. The lowest BCUT2D eigenvalue weighted by Gasteiger charge is -2.09. The summed E-state index contributed by atoms with van der Waals surface area (Å²) in [6, 6.07) is 19.5. The third-order valence-electron chi connectivity index (χ3n) is 3.85. The molecule has 0 bridgehead atoms. The Morgan fingerprint density at radius 1 is 0.958 bits per heavy atom. The minimum Gasteiger partial charge on any atom is -0.312 e. The van der Waals surface area contributed by atoms with Gasteiger partial charge >= 0.3 is 0 Å². The van der Waals surface area contributed by atoms with Crippen LogP contribution in [0.1, 0.15) is 5.56 Å². The van der Waals surface area contributed by atoms with Crippen LogP contribution in [0.4, 0.5) is 0 Å². The van der Waals surface area contributed by atoms with Crippen molar-refractivity contribution in [3.63, 3.8) is 0 Å². The number of fused-ring (bicyclic) bond motifs is 1. The molecular formula is C19H11ClN4. The largest absolute Gasteiger partial charge is 0.312 e. The molecule has 0 saturated carbocycles. The number of hydrogen-bond donors (Lipinski definition) is 0. The van der Waals surface area contributed by atoms with Crippen molar-refractivity contribution in [2.75, 3.05) is 0 Å². The fourth-order valence-electron chi connectivity index (χ4n) is 2.75. The molecule has 0 unspecified atom stereocenters. The number of rotatable bonds is 2. The standard InChI is InChI=1S/C19H11ClN4/c20-15-6-8-16(9-7-15)24-11-14(10-21)18-19(24)17(22-12-23-18)13-4-2-1-3-5-13/h1-9,11-12H. The molecule has 0 amide bonds. The highest BCUT2D eigenvalue weighted by atomic mass is 35.5. The second-order valence-corrected chi connectivity index (χ2v) is 5.72. The number of aromatic nitrogens is 3. The van der Waals surface area contributed by atoms with E-state index >= 15 is 0 Å². The fraction of sp³-hybridized carbons (Fsp3) is 0. The van der Waals surface area contributed by atoms with Gasteiger partial charge in [-0.15, -0.1) is 0 Å². The Kier molecular flexibility index (Phi) is 3.49. The Labute approximate surface area is 143 Å². The van der Waals surface area contributed by atoms with Crippen LogP contribution in [0.2, 0.25) is 5.02 Å². The molecule has 0 fully saturated rings. The van der Waals surface area contributed by atoms with E-state index in [2.05, 4.69) is 16.0 Å². The molecule has 0 aliphatic heterocycles. The second kappa shape index (κ2) is 5.80. The molecule has 5 heteroatoms. The van der Waals surface area contributed by atoms with Crippen LogP contribution in [0.15, 0.2) is 67.1 Å². The lowest BCUT2D eigenvalue weighted by Crippen LogP contribution is -1.96. The molecule has 4 rings (SSSR count). The van der Waals surface area contributed by atoms with E-state index in [0.717, 1.165) is 22.5 Å². The smallest absolute Gasteiger partial charge is 0.116 e. The first-order valence-electron chi connectivity index (χ1n) is 7.35. The molecule has 0 aliphatic rings. The zero-order valence-corrected chi connectivity index (χ0v) is 13.3. The molecular weight excluding hydrogens is 320 g/mol. The summed E-state index contributed by atoms with van der Waals surface area (Å²) in [6.45, 7) is 0. The van der Waals surface area contributed by atoms with Crippen LogP contribution in [-0.4, -0.2) is 14.5 Å². The first kappa shape index (κ1) is 14.4. The Balaban J connectivity index is 2.07. The van der Waals surface area contributed by atoms with Crippen molar-refractivity contribution >= 4 is 22.6 Å². The van der Waals surface area contributed by atoms with Gasteiger partial charge in [0.25, 0.3) is 0 Å². The van der Waals surface area contributed by atoms with Crippen molar-refractivity contribution in [2.24, 2.45) is 0 Å². The van der Waals surface area contributed by atoms with Crippen molar-refractivity contribution in [3.8, 4) is 23.0 Å². The van der Waals surface area contributed by atoms with Gasteiger partial charge < -0.3 is 4.57 Å². The molecule has 0 spiro atoms. The van der Waals surface area contributed by atoms with Crippen LogP contribution in [0.25, 0.3) is 28.0 Å². The first-order valence-corrected chi connectivity index (χ1v) is 7.73. The van der Waals surface area contributed by atoms with E-state index in [1.807, 2.05) is 59.2 Å². The molecule has 2 aromatic carbocycles. The molecule has 114 valence electrons. The molecule has 0 aliphatic carbocycles. The Morgan fingerprint density at radius 2 is 1.71 bits per heavy atom. The molecule has 24 heavy (non-hydrogen) atoms. The number of nitrogens with zero attached hydrogens (tertiary/aromatic N) is 4. The van der Waals surface area contributed by atoms with Gasteiger partial charge in [0.15, 0.2) is 0 Å². The van der Waals surface area contributed by atoms with Gasteiger partial charge in [-0.3, -0.25) is 0 Å². The van der Waals surface area contributed by atoms with Crippen LogP contribution in [-0.2, 0) is 0 Å². The Morgan fingerprint density at radius 3 is 2.42 bits per heavy atom. The first-order chi connectivity index (χ1) is 11.8. The van der Waals surface area contributed by atoms with E-state index in [9.17, 15) is 5.26 Å². The number of hydrogen-bond acceptors (Lipinski definition) is 3. The average Bonchev–Trinajstić information content (AvgIpc) is 3.02. The maximum atomic E-state index is 9.46. The third-order valence-corrected chi connectivity index (χ3v) is 4.10. The van der Waals surface area contributed by atoms with E-state index in [1.54, 1.807) is 6.20 Å². The van der Waals surface area contributed by atoms with Crippen LogP contribution in [0.3, 0.4) is 0 Å². The highest BCUT2D eigenvalue weighted by Gasteiger charge is 2.16. The molecule has 0 atom stereocenters. The molecule has 4 aromatic rings. The van der Waals surface area contributed by atoms with Crippen molar-refractivity contribution in [3.05, 3.63) is 77.7 Å². The highest BCUT2D eigenvalue weighted by Crippen LogP contribution is 2.30. The van der Waals surface area contributed by atoms with E-state index in [0.29, 0.717) is 16.1 Å². The van der Waals surface area contributed by atoms with E-state index in [1.165, 1.54) is 6.33 Å². The summed E-state index contributed by atoms with van der Waals surface area (Å²) in [7, 11) is 0. The van der Waals surface area contributed by atoms with E-state index in [-0.39, 0.29) is 0 Å². The SMILES string of the molecule is N#Cc1cn(-c2ccc(Cl)cc2)c2c(-c3ccccc3)ncnc12. The molecule has 2 heterocycles. The molecule has 0 radical (unpaired) electrons. The summed E-state index contributed by atoms with van der Waals surface area (Å²) in [5.74, 6) is 0. The van der Waals surface area contributed by atoms with Gasteiger partial charge in [0.2, 0.25) is 0 Å². The van der Waals surface area contributed by atoms with Crippen molar-refractivity contribution in [2.45, 2.75) is 0 Å². The van der Waals surface area contributed by atoms with Gasteiger partial charge in [0.1, 0.15) is 17.9 Å². The van der Waals surface area contributed by atoms with Gasteiger partial charge in [-0.05, 0) is 24.3 Å². The lowest BCUT2D eigenvalue weighted by molar-refractivity contribution is 1.11. The van der Waals surface area contributed by atoms with Gasteiger partial charge in [0, 0.05) is 22.5 Å². The third kappa shape index (κ3) is 2.32. The van der Waals surface area contributed by atoms with Crippen LogP contribution in [0.5, 0.6) is 0 Å². The summed E-state index contributed by atoms with van der Waals surface area (Å²) in [4.78, 5) is 8.78. The predicted octanol–water partition coefficient (Wildman–Crippen LogP) is 4.61. The minimum absolute atomic E-state index is 0.513. The minimum atomic E-state index is 0.513. The highest BCUT2D eigenvalue weighted by molar-refractivity contribution is 6.30. The van der Waals surface area contributed by atoms with E-state index in [4.69, 9.17) is 11.6 Å². The number of benzene rings is 2. The number of nitriles is 1. The normalized spacial score (nSPS) is 10.7. The average molecular weight is 331 g/mol. The fourth-order valence-corrected chi connectivity index (χ4v) is 2.88. The summed E-state index contributed by atoms with van der Waals surface area (Å²) < 4.78 is 1.94. The predicted molar refractivity (Wildman–Crippen MR) is 94.0 cm³/mol. The molecule has 4 nitrogen and oxygen atoms in total. The second-order valence-electron chi connectivity index (χ2n) is 5.29. The van der Waals surface area contributed by atoms with Crippen molar-refractivity contribution in [1.29, 1.82) is 5.26 Å². The topological polar surface area (TPSA) is 54.5 Å². The maximum absolute atomic E-state index is 9.46. The van der Waals surface area contributed by atoms with E-state index < -0.39 is 0 Å². The van der Waals surface area contributed by atoms with Crippen molar-refractivity contribution < 1.29 is 0 Å². The summed E-state index contributed by atoms with van der Waals surface area (Å²) in [5.41, 5.74) is 4.63. The van der Waals surface area contributed by atoms with Crippen LogP contribution >= 0.6 is 11.6 Å². The maximum Gasteiger partial charge on any atom is 0.116 e.